The minimum absolute atomic E-state index is 0.120. The molecule has 1 saturated carbocycles. The molecule has 0 saturated heterocycles. The smallest absolute Gasteiger partial charge is 0.253 e. The van der Waals surface area contributed by atoms with Crippen LogP contribution in [0.1, 0.15) is 71.8 Å². The number of carbonyl (C=O) groups excluding carboxylic acids is 1. The van der Waals surface area contributed by atoms with Gasteiger partial charge < -0.3 is 20.5 Å². The predicted molar refractivity (Wildman–Crippen MR) is 142 cm³/mol. The number of nitrogens with one attached hydrogen (secondary N) is 3. The summed E-state index contributed by atoms with van der Waals surface area (Å²) in [5.74, 6) is -0.279. The van der Waals surface area contributed by atoms with Gasteiger partial charge >= 0.3 is 0 Å². The molecule has 1 amide bonds. The van der Waals surface area contributed by atoms with Gasteiger partial charge in [0.25, 0.3) is 11.5 Å². The molecule has 0 atom stereocenters. The van der Waals surface area contributed by atoms with Gasteiger partial charge in [-0.3, -0.25) is 9.59 Å². The number of aromatic amines is 1. The average Bonchev–Trinajstić information content (AvgIpc) is 2.81. The number of H-pyrrole nitrogens is 1. The van der Waals surface area contributed by atoms with Crippen molar-refractivity contribution in [2.45, 2.75) is 84.9 Å². The Hall–Kier alpha value is -2.45. The molecule has 9 heteroatoms. The first-order valence-corrected chi connectivity index (χ1v) is 13.0. The van der Waals surface area contributed by atoms with E-state index >= 15 is 0 Å². The first-order chi connectivity index (χ1) is 17.1. The molecule has 3 N–H and O–H groups in total. The van der Waals surface area contributed by atoms with Crippen molar-refractivity contribution in [1.29, 1.82) is 0 Å². The van der Waals surface area contributed by atoms with E-state index in [4.69, 9.17) is 11.6 Å². The Labute approximate surface area is 216 Å². The number of anilines is 1. The number of amides is 1. The van der Waals surface area contributed by atoms with Crippen molar-refractivity contribution >= 4 is 23.2 Å². The summed E-state index contributed by atoms with van der Waals surface area (Å²) in [6.07, 6.45) is 1.31. The number of halogens is 3. The van der Waals surface area contributed by atoms with E-state index in [1.165, 1.54) is 0 Å². The van der Waals surface area contributed by atoms with Crippen molar-refractivity contribution in [2.24, 2.45) is 0 Å². The van der Waals surface area contributed by atoms with Crippen LogP contribution < -0.4 is 21.1 Å². The van der Waals surface area contributed by atoms with Crippen LogP contribution in [0.4, 0.5) is 14.5 Å². The molecule has 0 unspecified atom stereocenters. The van der Waals surface area contributed by atoms with Gasteiger partial charge in [-0.05, 0) is 82.7 Å². The SMILES string of the molecule is CCN(c1cc(Cl)cc(C(=O)NCc2c(C)cc(C)[nH]c2=O)c1C)C1CCC(NCCC(F)F)CC1. The molecule has 0 radical (unpaired) electrons. The van der Waals surface area contributed by atoms with Gasteiger partial charge in [0.05, 0.1) is 0 Å². The van der Waals surface area contributed by atoms with Crippen molar-refractivity contribution in [3.8, 4) is 0 Å². The molecule has 1 fully saturated rings. The Morgan fingerprint density at radius 2 is 1.86 bits per heavy atom. The van der Waals surface area contributed by atoms with Crippen LogP contribution in [-0.2, 0) is 6.54 Å². The Morgan fingerprint density at radius 1 is 1.17 bits per heavy atom. The lowest BCUT2D eigenvalue weighted by atomic mass is 9.89. The zero-order valence-corrected chi connectivity index (χ0v) is 22.3. The molecular formula is C27H37ClF2N4O2. The summed E-state index contributed by atoms with van der Waals surface area (Å²) in [6, 6.07) is 5.99. The molecular weight excluding hydrogens is 486 g/mol. The fourth-order valence-electron chi connectivity index (χ4n) is 5.18. The number of rotatable bonds is 10. The number of carbonyl (C=O) groups is 1. The number of nitrogens with zero attached hydrogens (tertiary/aromatic N) is 1. The van der Waals surface area contributed by atoms with Crippen LogP contribution in [0, 0.1) is 20.8 Å². The number of aromatic nitrogens is 1. The summed E-state index contributed by atoms with van der Waals surface area (Å²) in [5, 5.41) is 6.62. The zero-order chi connectivity index (χ0) is 26.4. The molecule has 2 aromatic rings. The van der Waals surface area contributed by atoms with Gasteiger partial charge in [-0.1, -0.05) is 11.6 Å². The fourth-order valence-corrected chi connectivity index (χ4v) is 5.39. The molecule has 0 spiro atoms. The zero-order valence-electron chi connectivity index (χ0n) is 21.5. The lowest BCUT2D eigenvalue weighted by Crippen LogP contribution is -2.43. The highest BCUT2D eigenvalue weighted by molar-refractivity contribution is 6.31. The normalized spacial score (nSPS) is 17.9. The highest BCUT2D eigenvalue weighted by atomic mass is 35.5. The second-order valence-corrected chi connectivity index (χ2v) is 10.1. The number of benzene rings is 1. The van der Waals surface area contributed by atoms with Crippen molar-refractivity contribution in [1.82, 2.24) is 15.6 Å². The molecule has 0 aliphatic heterocycles. The maximum Gasteiger partial charge on any atom is 0.253 e. The van der Waals surface area contributed by atoms with Crippen LogP contribution in [0.25, 0.3) is 0 Å². The maximum atomic E-state index is 13.1. The molecule has 3 rings (SSSR count). The molecule has 1 aromatic carbocycles. The van der Waals surface area contributed by atoms with Gasteiger partial charge in [-0.25, -0.2) is 8.78 Å². The van der Waals surface area contributed by atoms with Crippen LogP contribution in [-0.4, -0.2) is 42.5 Å². The van der Waals surface area contributed by atoms with Gasteiger partial charge in [0, 0.05) is 65.7 Å². The van der Waals surface area contributed by atoms with E-state index in [9.17, 15) is 18.4 Å². The Bertz CT molecular complexity index is 1110. The van der Waals surface area contributed by atoms with Crippen LogP contribution in [0.5, 0.6) is 0 Å². The van der Waals surface area contributed by atoms with E-state index in [2.05, 4.69) is 27.4 Å². The van der Waals surface area contributed by atoms with Gasteiger partial charge in [-0.15, -0.1) is 0 Å². The van der Waals surface area contributed by atoms with Crippen molar-refractivity contribution in [2.75, 3.05) is 18.0 Å². The summed E-state index contributed by atoms with van der Waals surface area (Å²) in [4.78, 5) is 30.5. The van der Waals surface area contributed by atoms with E-state index in [1.807, 2.05) is 32.9 Å². The Morgan fingerprint density at radius 3 is 2.47 bits per heavy atom. The second kappa shape index (κ2) is 12.7. The highest BCUT2D eigenvalue weighted by Crippen LogP contribution is 2.33. The number of pyridine rings is 1. The standard InChI is InChI=1S/C27H37ClF2N4O2/c1-5-34(21-8-6-20(7-9-21)31-11-10-25(29)30)24-14-19(28)13-22(18(24)4)26(35)32-15-23-16(2)12-17(3)33-27(23)36/h12-14,20-21,25,31H,5-11,15H2,1-4H3,(H,32,35)(H,33,36). The average molecular weight is 523 g/mol. The largest absolute Gasteiger partial charge is 0.369 e. The van der Waals surface area contributed by atoms with Gasteiger partial charge in [0.1, 0.15) is 0 Å². The second-order valence-electron chi connectivity index (χ2n) is 9.65. The molecule has 6 nitrogen and oxygen atoms in total. The third-order valence-electron chi connectivity index (χ3n) is 7.09. The number of hydrogen-bond donors (Lipinski definition) is 3. The summed E-state index contributed by atoms with van der Waals surface area (Å²) < 4.78 is 24.9. The van der Waals surface area contributed by atoms with Gasteiger partial charge in [0.15, 0.2) is 0 Å². The fraction of sp³-hybridized carbons (Fsp3) is 0.556. The molecule has 198 valence electrons. The van der Waals surface area contributed by atoms with Crippen molar-refractivity contribution < 1.29 is 13.6 Å². The summed E-state index contributed by atoms with van der Waals surface area (Å²) in [5.41, 5.74) is 4.19. The quantitative estimate of drug-likeness (QED) is 0.397. The Balaban J connectivity index is 1.71. The number of alkyl halides is 2. The maximum absolute atomic E-state index is 13.1. The van der Waals surface area contributed by atoms with Crippen LogP contribution in [0.15, 0.2) is 23.0 Å². The number of hydrogen-bond acceptors (Lipinski definition) is 4. The van der Waals surface area contributed by atoms with Gasteiger partial charge in [-0.2, -0.15) is 0 Å². The minimum atomic E-state index is -2.27. The molecule has 1 aliphatic rings. The predicted octanol–water partition coefficient (Wildman–Crippen LogP) is 5.27. The third-order valence-corrected chi connectivity index (χ3v) is 7.31. The Kier molecular flexibility index (Phi) is 9.91. The van der Waals surface area contributed by atoms with Crippen molar-refractivity contribution in [3.05, 3.63) is 61.5 Å². The first kappa shape index (κ1) is 28.1. The van der Waals surface area contributed by atoms with Crippen LogP contribution >= 0.6 is 11.6 Å². The lowest BCUT2D eigenvalue weighted by molar-refractivity contribution is 0.0950. The van der Waals surface area contributed by atoms with E-state index in [1.54, 1.807) is 6.07 Å². The molecule has 0 bridgehead atoms. The minimum Gasteiger partial charge on any atom is -0.369 e. The monoisotopic (exact) mass is 522 g/mol. The van der Waals surface area contributed by atoms with Crippen LogP contribution in [0.2, 0.25) is 5.02 Å². The van der Waals surface area contributed by atoms with E-state index in [0.717, 1.165) is 54.7 Å². The number of aryl methyl sites for hydroxylation is 2. The topological polar surface area (TPSA) is 77.2 Å². The highest BCUT2D eigenvalue weighted by Gasteiger charge is 2.27. The van der Waals surface area contributed by atoms with Crippen LogP contribution in [0.3, 0.4) is 0 Å². The van der Waals surface area contributed by atoms with E-state index < -0.39 is 6.43 Å². The van der Waals surface area contributed by atoms with Crippen molar-refractivity contribution in [3.63, 3.8) is 0 Å². The third kappa shape index (κ3) is 7.07. The summed E-state index contributed by atoms with van der Waals surface area (Å²) in [7, 11) is 0. The molecule has 1 aromatic heterocycles. The summed E-state index contributed by atoms with van der Waals surface area (Å²) in [6.45, 7) is 8.91. The molecule has 1 heterocycles. The van der Waals surface area contributed by atoms with E-state index in [0.29, 0.717) is 22.7 Å². The summed E-state index contributed by atoms with van der Waals surface area (Å²) >= 11 is 6.46. The first-order valence-electron chi connectivity index (χ1n) is 12.7. The molecule has 36 heavy (non-hydrogen) atoms. The van der Waals surface area contributed by atoms with E-state index in [-0.39, 0.29) is 36.5 Å². The molecule has 1 aliphatic carbocycles. The van der Waals surface area contributed by atoms with Gasteiger partial charge in [0.2, 0.25) is 6.43 Å². The lowest BCUT2D eigenvalue weighted by Gasteiger charge is -2.39.